The molecule has 3 nitrogen and oxygen atoms in total. The van der Waals surface area contributed by atoms with Gasteiger partial charge in [-0.3, -0.25) is 4.31 Å². The largest absolute Gasteiger partial charge is 0.329 e. The Labute approximate surface area is 65.5 Å². The van der Waals surface area contributed by atoms with Gasteiger partial charge in [-0.15, -0.1) is 0 Å². The summed E-state index contributed by atoms with van der Waals surface area (Å²) in [6.45, 7) is 1.79. The molecule has 2 amide bonds. The first-order chi connectivity index (χ1) is 4.75. The molecular formula is C6H12N2OS. The quantitative estimate of drug-likeness (QED) is 0.535. The molecule has 0 aromatic heterocycles. The predicted octanol–water partition coefficient (Wildman–Crippen LogP) is 1.02. The summed E-state index contributed by atoms with van der Waals surface area (Å²) in [5.41, 5.74) is 0. The van der Waals surface area contributed by atoms with Gasteiger partial charge in [0.2, 0.25) is 0 Å². The first kappa shape index (κ1) is 7.72. The maximum absolute atomic E-state index is 11.2. The molecule has 0 aromatic carbocycles. The van der Waals surface area contributed by atoms with Gasteiger partial charge in [0.15, 0.2) is 0 Å². The summed E-state index contributed by atoms with van der Waals surface area (Å²) in [7, 11) is 1.84. The number of hydrogen-bond acceptors (Lipinski definition) is 2. The molecule has 1 fully saturated rings. The summed E-state index contributed by atoms with van der Waals surface area (Å²) in [4.78, 5) is 12.9. The van der Waals surface area contributed by atoms with Crippen molar-refractivity contribution in [1.29, 1.82) is 0 Å². The van der Waals surface area contributed by atoms with Crippen LogP contribution in [0.5, 0.6) is 0 Å². The van der Waals surface area contributed by atoms with Crippen LogP contribution in [0.4, 0.5) is 4.79 Å². The van der Waals surface area contributed by atoms with Crippen molar-refractivity contribution in [3.8, 4) is 0 Å². The zero-order valence-corrected chi connectivity index (χ0v) is 7.15. The molecule has 1 rings (SSSR count). The van der Waals surface area contributed by atoms with Gasteiger partial charge in [0.1, 0.15) is 0 Å². The second-order valence-corrected chi connectivity index (χ2v) is 3.15. The Hall–Kier alpha value is -0.380. The maximum atomic E-state index is 11.2. The average molecular weight is 160 g/mol. The van der Waals surface area contributed by atoms with Crippen molar-refractivity contribution in [2.24, 2.45) is 0 Å². The van der Waals surface area contributed by atoms with Crippen LogP contribution in [0.1, 0.15) is 6.42 Å². The lowest BCUT2D eigenvalue weighted by molar-refractivity contribution is 0.176. The molecular weight excluding hydrogens is 148 g/mol. The van der Waals surface area contributed by atoms with Gasteiger partial charge in [-0.2, -0.15) is 0 Å². The summed E-state index contributed by atoms with van der Waals surface area (Å²) >= 11 is 1.50. The molecule has 0 unspecified atom stereocenters. The second kappa shape index (κ2) is 3.14. The molecule has 0 aromatic rings. The molecule has 0 spiro atoms. The van der Waals surface area contributed by atoms with E-state index >= 15 is 0 Å². The van der Waals surface area contributed by atoms with E-state index in [1.165, 1.54) is 11.9 Å². The van der Waals surface area contributed by atoms with E-state index in [2.05, 4.69) is 0 Å². The number of hydrogen-bond donors (Lipinski definition) is 0. The Kier molecular flexibility index (Phi) is 2.43. The van der Waals surface area contributed by atoms with Gasteiger partial charge < -0.3 is 4.90 Å². The Morgan fingerprint density at radius 3 is 2.70 bits per heavy atom. The van der Waals surface area contributed by atoms with Gasteiger partial charge in [0.05, 0.1) is 0 Å². The predicted molar refractivity (Wildman–Crippen MR) is 42.9 cm³/mol. The van der Waals surface area contributed by atoms with E-state index < -0.39 is 0 Å². The molecule has 10 heavy (non-hydrogen) atoms. The van der Waals surface area contributed by atoms with Crippen LogP contribution >= 0.6 is 11.9 Å². The molecule has 4 heteroatoms. The lowest BCUT2D eigenvalue weighted by atomic mass is 10.3. The van der Waals surface area contributed by atoms with E-state index in [-0.39, 0.29) is 6.03 Å². The van der Waals surface area contributed by atoms with Crippen LogP contribution in [-0.4, -0.2) is 41.6 Å². The lowest BCUT2D eigenvalue weighted by Crippen LogP contribution is -2.43. The lowest BCUT2D eigenvalue weighted by Gasteiger charge is -2.31. The zero-order valence-electron chi connectivity index (χ0n) is 6.33. The van der Waals surface area contributed by atoms with Gasteiger partial charge >= 0.3 is 6.03 Å². The summed E-state index contributed by atoms with van der Waals surface area (Å²) in [5.74, 6) is 0. The Morgan fingerprint density at radius 1 is 1.50 bits per heavy atom. The molecule has 1 aliphatic rings. The van der Waals surface area contributed by atoms with Crippen LogP contribution in [0.3, 0.4) is 0 Å². The average Bonchev–Trinajstić information content (AvgIpc) is 1.95. The fraction of sp³-hybridized carbons (Fsp3) is 0.833. The number of carbonyl (C=O) groups is 1. The van der Waals surface area contributed by atoms with Crippen LogP contribution < -0.4 is 0 Å². The summed E-state index contributed by atoms with van der Waals surface area (Å²) in [5, 5.41) is 0. The third-order valence-electron chi connectivity index (χ3n) is 1.62. The fourth-order valence-electron chi connectivity index (χ4n) is 1.00. The summed E-state index contributed by atoms with van der Waals surface area (Å²) < 4.78 is 1.78. The number of carbonyl (C=O) groups excluding carboxylic acids is 1. The van der Waals surface area contributed by atoms with Gasteiger partial charge in [0, 0.05) is 26.4 Å². The SMILES string of the molecule is CSN1CCCN(C)C1=O. The highest BCUT2D eigenvalue weighted by atomic mass is 32.2. The fourth-order valence-corrected chi connectivity index (χ4v) is 1.61. The molecule has 0 aliphatic carbocycles. The minimum Gasteiger partial charge on any atom is -0.327 e. The van der Waals surface area contributed by atoms with Gasteiger partial charge in [0.25, 0.3) is 0 Å². The summed E-state index contributed by atoms with van der Waals surface area (Å²) in [6.07, 6.45) is 3.01. The van der Waals surface area contributed by atoms with Crippen LogP contribution in [0.25, 0.3) is 0 Å². The monoisotopic (exact) mass is 160 g/mol. The molecule has 1 heterocycles. The number of urea groups is 1. The third-order valence-corrected chi connectivity index (χ3v) is 2.39. The van der Waals surface area contributed by atoms with Gasteiger partial charge in [-0.1, -0.05) is 0 Å². The number of nitrogens with zero attached hydrogens (tertiary/aromatic N) is 2. The summed E-state index contributed by atoms with van der Waals surface area (Å²) in [6, 6.07) is 0.138. The third kappa shape index (κ3) is 1.37. The normalized spacial score (nSPS) is 20.0. The smallest absolute Gasteiger partial charge is 0.327 e. The highest BCUT2D eigenvalue weighted by molar-refractivity contribution is 7.96. The topological polar surface area (TPSA) is 23.6 Å². The number of amides is 2. The van der Waals surface area contributed by atoms with E-state index in [0.29, 0.717) is 0 Å². The van der Waals surface area contributed by atoms with Crippen LogP contribution in [0.2, 0.25) is 0 Å². The van der Waals surface area contributed by atoms with Crippen molar-refractivity contribution >= 4 is 18.0 Å². The Bertz CT molecular complexity index is 140. The van der Waals surface area contributed by atoms with Crippen molar-refractivity contribution in [2.45, 2.75) is 6.42 Å². The van der Waals surface area contributed by atoms with Crippen molar-refractivity contribution in [1.82, 2.24) is 9.21 Å². The van der Waals surface area contributed by atoms with Crippen LogP contribution in [0, 0.1) is 0 Å². The van der Waals surface area contributed by atoms with Crippen molar-refractivity contribution < 1.29 is 4.79 Å². The van der Waals surface area contributed by atoms with E-state index in [1.807, 2.05) is 13.3 Å². The molecule has 0 radical (unpaired) electrons. The van der Waals surface area contributed by atoms with Crippen LogP contribution in [-0.2, 0) is 0 Å². The standard InChI is InChI=1S/C6H12N2OS/c1-7-4-3-5-8(10-2)6(7)9/h3-5H2,1-2H3. The first-order valence-electron chi connectivity index (χ1n) is 3.32. The Balaban J connectivity index is 2.51. The minimum atomic E-state index is 0.138. The van der Waals surface area contributed by atoms with Gasteiger partial charge in [-0.25, -0.2) is 4.79 Å². The molecule has 0 saturated carbocycles. The van der Waals surface area contributed by atoms with Crippen molar-refractivity contribution in [3.63, 3.8) is 0 Å². The Morgan fingerprint density at radius 2 is 2.20 bits per heavy atom. The van der Waals surface area contributed by atoms with E-state index in [4.69, 9.17) is 0 Å². The van der Waals surface area contributed by atoms with E-state index in [1.54, 1.807) is 9.21 Å². The minimum absolute atomic E-state index is 0.138. The molecule has 0 N–H and O–H groups in total. The molecule has 1 aliphatic heterocycles. The van der Waals surface area contributed by atoms with Crippen molar-refractivity contribution in [3.05, 3.63) is 0 Å². The zero-order chi connectivity index (χ0) is 7.56. The molecule has 1 saturated heterocycles. The molecule has 58 valence electrons. The van der Waals surface area contributed by atoms with Crippen molar-refractivity contribution in [2.75, 3.05) is 26.4 Å². The van der Waals surface area contributed by atoms with Crippen LogP contribution in [0.15, 0.2) is 0 Å². The van der Waals surface area contributed by atoms with E-state index in [0.717, 1.165) is 19.5 Å². The number of rotatable bonds is 1. The maximum Gasteiger partial charge on any atom is 0.329 e. The highest BCUT2D eigenvalue weighted by Gasteiger charge is 2.21. The van der Waals surface area contributed by atoms with Gasteiger partial charge in [-0.05, 0) is 18.4 Å². The molecule has 0 bridgehead atoms. The second-order valence-electron chi connectivity index (χ2n) is 2.34. The van der Waals surface area contributed by atoms with E-state index in [9.17, 15) is 4.79 Å². The molecule has 0 atom stereocenters. The first-order valence-corrected chi connectivity index (χ1v) is 4.50. The highest BCUT2D eigenvalue weighted by Crippen LogP contribution is 2.13.